The van der Waals surface area contributed by atoms with Gasteiger partial charge in [-0.15, -0.1) is 22.6 Å². The Bertz CT molecular complexity index is 594. The molecule has 0 unspecified atom stereocenters. The molecule has 3 rings (SSSR count). The van der Waals surface area contributed by atoms with Gasteiger partial charge in [-0.2, -0.15) is 0 Å². The summed E-state index contributed by atoms with van der Waals surface area (Å²) in [4.78, 5) is 10.7. The van der Waals surface area contributed by atoms with E-state index in [-0.39, 0.29) is 18.8 Å². The van der Waals surface area contributed by atoms with Crippen molar-refractivity contribution in [2.45, 2.75) is 31.6 Å². The van der Waals surface area contributed by atoms with Crippen LogP contribution in [0.25, 0.3) is 5.69 Å². The van der Waals surface area contributed by atoms with E-state index in [1.165, 1.54) is 0 Å². The Kier molecular flexibility index (Phi) is 4.39. The zero-order valence-corrected chi connectivity index (χ0v) is 11.7. The van der Waals surface area contributed by atoms with E-state index < -0.39 is 5.97 Å². The normalized spacial score (nSPS) is 13.8. The number of aryl methyl sites for hydroxylation is 1. The molecule has 0 amide bonds. The molecule has 0 radical (unpaired) electrons. The SMILES string of the molecule is Cl.O=C(O)CCc1nnc(C2CC2)n1-c1ccccc1. The summed E-state index contributed by atoms with van der Waals surface area (Å²) in [6.07, 6.45) is 2.77. The third-order valence-electron chi connectivity index (χ3n) is 3.27. The van der Waals surface area contributed by atoms with Gasteiger partial charge in [0.2, 0.25) is 0 Å². The van der Waals surface area contributed by atoms with Crippen LogP contribution in [0.3, 0.4) is 0 Å². The first-order valence-electron chi connectivity index (χ1n) is 6.47. The Morgan fingerprint density at radius 2 is 1.95 bits per heavy atom. The number of carbonyl (C=O) groups is 1. The summed E-state index contributed by atoms with van der Waals surface area (Å²) in [5.41, 5.74) is 1.01. The average Bonchev–Trinajstić information content (AvgIpc) is 3.17. The predicted octanol–water partition coefficient (Wildman–Crippen LogP) is 2.58. The van der Waals surface area contributed by atoms with Gasteiger partial charge in [0.25, 0.3) is 0 Å². The maximum Gasteiger partial charge on any atom is 0.303 e. The molecule has 0 aliphatic heterocycles. The molecule has 106 valence electrons. The Morgan fingerprint density at radius 3 is 2.55 bits per heavy atom. The van der Waals surface area contributed by atoms with Gasteiger partial charge in [0, 0.05) is 18.0 Å². The zero-order chi connectivity index (χ0) is 13.2. The molecular weight excluding hydrogens is 278 g/mol. The number of carboxylic acid groups (broad SMARTS) is 1. The molecule has 20 heavy (non-hydrogen) atoms. The molecule has 1 aromatic heterocycles. The Labute approximate surface area is 123 Å². The quantitative estimate of drug-likeness (QED) is 0.920. The number of hydrogen-bond acceptors (Lipinski definition) is 3. The van der Waals surface area contributed by atoms with E-state index in [2.05, 4.69) is 10.2 Å². The summed E-state index contributed by atoms with van der Waals surface area (Å²) in [5.74, 6) is 1.36. The number of aliphatic carboxylic acids is 1. The minimum atomic E-state index is -0.810. The lowest BCUT2D eigenvalue weighted by Crippen LogP contribution is -2.07. The van der Waals surface area contributed by atoms with Crippen LogP contribution in [0.1, 0.15) is 36.8 Å². The van der Waals surface area contributed by atoms with Crippen molar-refractivity contribution in [1.29, 1.82) is 0 Å². The highest BCUT2D eigenvalue weighted by Gasteiger charge is 2.30. The number of aromatic nitrogens is 3. The molecule has 1 aromatic carbocycles. The van der Waals surface area contributed by atoms with Crippen molar-refractivity contribution >= 4 is 18.4 Å². The summed E-state index contributed by atoms with van der Waals surface area (Å²) in [6, 6.07) is 9.89. The lowest BCUT2D eigenvalue weighted by Gasteiger charge is -2.09. The highest BCUT2D eigenvalue weighted by atomic mass is 35.5. The number of benzene rings is 1. The first-order valence-corrected chi connectivity index (χ1v) is 6.47. The minimum Gasteiger partial charge on any atom is -0.481 e. The van der Waals surface area contributed by atoms with Crippen LogP contribution >= 0.6 is 12.4 Å². The molecule has 0 bridgehead atoms. The van der Waals surface area contributed by atoms with Crippen LogP contribution in [-0.4, -0.2) is 25.8 Å². The molecule has 1 aliphatic rings. The summed E-state index contributed by atoms with van der Waals surface area (Å²) in [5, 5.41) is 17.2. The number of carboxylic acids is 1. The number of halogens is 1. The number of nitrogens with zero attached hydrogens (tertiary/aromatic N) is 3. The monoisotopic (exact) mass is 293 g/mol. The summed E-state index contributed by atoms with van der Waals surface area (Å²) in [7, 11) is 0. The molecule has 1 heterocycles. The molecule has 1 N–H and O–H groups in total. The molecule has 0 atom stereocenters. The average molecular weight is 294 g/mol. The van der Waals surface area contributed by atoms with Crippen LogP contribution in [0, 0.1) is 0 Å². The largest absolute Gasteiger partial charge is 0.481 e. The second-order valence-electron chi connectivity index (χ2n) is 4.81. The third-order valence-corrected chi connectivity index (χ3v) is 3.27. The van der Waals surface area contributed by atoms with E-state index in [9.17, 15) is 4.79 Å². The van der Waals surface area contributed by atoms with Gasteiger partial charge in [0.1, 0.15) is 11.6 Å². The smallest absolute Gasteiger partial charge is 0.303 e. The van der Waals surface area contributed by atoms with E-state index in [0.717, 1.165) is 30.2 Å². The van der Waals surface area contributed by atoms with Crippen molar-refractivity contribution < 1.29 is 9.90 Å². The third kappa shape index (κ3) is 2.99. The lowest BCUT2D eigenvalue weighted by atomic mass is 10.2. The number of hydrogen-bond donors (Lipinski definition) is 1. The Hall–Kier alpha value is -1.88. The molecular formula is C14H16ClN3O2. The van der Waals surface area contributed by atoms with Gasteiger partial charge in [0.05, 0.1) is 6.42 Å². The molecule has 5 nitrogen and oxygen atoms in total. The van der Waals surface area contributed by atoms with Crippen LogP contribution in [0.15, 0.2) is 30.3 Å². The van der Waals surface area contributed by atoms with Gasteiger partial charge in [0.15, 0.2) is 0 Å². The summed E-state index contributed by atoms with van der Waals surface area (Å²) < 4.78 is 2.01. The van der Waals surface area contributed by atoms with Gasteiger partial charge < -0.3 is 5.11 Å². The van der Waals surface area contributed by atoms with Gasteiger partial charge in [-0.05, 0) is 25.0 Å². The van der Waals surface area contributed by atoms with Crippen LogP contribution < -0.4 is 0 Å². The fourth-order valence-corrected chi connectivity index (χ4v) is 2.18. The minimum absolute atomic E-state index is 0. The van der Waals surface area contributed by atoms with Crippen molar-refractivity contribution in [2.75, 3.05) is 0 Å². The molecule has 2 aromatic rings. The van der Waals surface area contributed by atoms with Gasteiger partial charge in [-0.25, -0.2) is 0 Å². The highest BCUT2D eigenvalue weighted by molar-refractivity contribution is 5.85. The summed E-state index contributed by atoms with van der Waals surface area (Å²) in [6.45, 7) is 0. The number of rotatable bonds is 5. The molecule has 0 saturated heterocycles. The van der Waals surface area contributed by atoms with E-state index >= 15 is 0 Å². The number of para-hydroxylation sites is 1. The Balaban J connectivity index is 0.00000147. The highest BCUT2D eigenvalue weighted by Crippen LogP contribution is 2.40. The fourth-order valence-electron chi connectivity index (χ4n) is 2.18. The van der Waals surface area contributed by atoms with Crippen LogP contribution in [-0.2, 0) is 11.2 Å². The van der Waals surface area contributed by atoms with Gasteiger partial charge in [-0.3, -0.25) is 9.36 Å². The summed E-state index contributed by atoms with van der Waals surface area (Å²) >= 11 is 0. The second kappa shape index (κ2) is 6.05. The van der Waals surface area contributed by atoms with Gasteiger partial charge in [-0.1, -0.05) is 18.2 Å². The van der Waals surface area contributed by atoms with Crippen molar-refractivity contribution in [3.8, 4) is 5.69 Å². The molecule has 1 fully saturated rings. The van der Waals surface area contributed by atoms with Crippen molar-refractivity contribution in [3.05, 3.63) is 42.0 Å². The fraction of sp³-hybridized carbons (Fsp3) is 0.357. The first-order chi connectivity index (χ1) is 9.25. The van der Waals surface area contributed by atoms with Crippen molar-refractivity contribution in [2.24, 2.45) is 0 Å². The first kappa shape index (κ1) is 14.5. The molecule has 6 heteroatoms. The maximum absolute atomic E-state index is 10.7. The predicted molar refractivity (Wildman–Crippen MR) is 76.5 cm³/mol. The molecule has 1 aliphatic carbocycles. The Morgan fingerprint density at radius 1 is 1.25 bits per heavy atom. The van der Waals surface area contributed by atoms with E-state index in [4.69, 9.17) is 5.11 Å². The lowest BCUT2D eigenvalue weighted by molar-refractivity contribution is -0.137. The topological polar surface area (TPSA) is 68.0 Å². The van der Waals surface area contributed by atoms with Crippen molar-refractivity contribution in [1.82, 2.24) is 14.8 Å². The maximum atomic E-state index is 10.7. The van der Waals surface area contributed by atoms with Crippen LogP contribution in [0.4, 0.5) is 0 Å². The van der Waals surface area contributed by atoms with Crippen LogP contribution in [0.5, 0.6) is 0 Å². The van der Waals surface area contributed by atoms with E-state index in [1.807, 2.05) is 34.9 Å². The molecule has 0 spiro atoms. The van der Waals surface area contributed by atoms with E-state index in [0.29, 0.717) is 12.3 Å². The van der Waals surface area contributed by atoms with Gasteiger partial charge >= 0.3 is 5.97 Å². The van der Waals surface area contributed by atoms with Crippen molar-refractivity contribution in [3.63, 3.8) is 0 Å². The zero-order valence-electron chi connectivity index (χ0n) is 10.9. The second-order valence-corrected chi connectivity index (χ2v) is 4.81. The van der Waals surface area contributed by atoms with Crippen LogP contribution in [0.2, 0.25) is 0 Å². The van der Waals surface area contributed by atoms with E-state index in [1.54, 1.807) is 0 Å². The molecule has 1 saturated carbocycles. The standard InChI is InChI=1S/C14H15N3O2.ClH/c18-13(19)9-8-12-15-16-14(10-6-7-10)17(12)11-4-2-1-3-5-11;/h1-5,10H,6-9H2,(H,18,19);1H.